The Morgan fingerprint density at radius 3 is 2.54 bits per heavy atom. The van der Waals surface area contributed by atoms with Gasteiger partial charge in [0.1, 0.15) is 17.9 Å². The van der Waals surface area contributed by atoms with Gasteiger partial charge in [0.15, 0.2) is 0 Å². The first kappa shape index (κ1) is 22.6. The maximum absolute atomic E-state index is 12.7. The number of cyclic esters (lactones) is 1. The molecule has 4 atom stereocenters. The average Bonchev–Trinajstić information content (AvgIpc) is 3.03. The SMILES string of the molecule is CC(=NCC1CCCCC1CC(NS(C)(=O)=O)C(=O)NC1CCOC1=O)NO. The normalized spacial score (nSPS) is 27.2. The minimum absolute atomic E-state index is 0.101. The maximum Gasteiger partial charge on any atom is 0.328 e. The summed E-state index contributed by atoms with van der Waals surface area (Å²) in [6.45, 7) is 2.39. The number of hydrogen-bond donors (Lipinski definition) is 4. The molecule has 160 valence electrons. The second kappa shape index (κ2) is 10.2. The fraction of sp³-hybridized carbons (Fsp3) is 0.824. The van der Waals surface area contributed by atoms with Crippen LogP contribution in [-0.2, 0) is 24.3 Å². The molecule has 2 aliphatic rings. The molecule has 10 nitrogen and oxygen atoms in total. The number of hydrogen-bond acceptors (Lipinski definition) is 7. The lowest BCUT2D eigenvalue weighted by molar-refractivity contribution is -0.141. The largest absolute Gasteiger partial charge is 0.464 e. The summed E-state index contributed by atoms with van der Waals surface area (Å²) in [5.74, 6) is -0.319. The van der Waals surface area contributed by atoms with E-state index in [-0.39, 0.29) is 18.4 Å². The highest BCUT2D eigenvalue weighted by Crippen LogP contribution is 2.33. The zero-order valence-corrected chi connectivity index (χ0v) is 17.1. The number of ether oxygens (including phenoxy) is 1. The molecule has 1 heterocycles. The Balaban J connectivity index is 2.08. The molecule has 0 spiro atoms. The number of carbonyl (C=O) groups excluding carboxylic acids is 2. The molecule has 0 aromatic heterocycles. The standard InChI is InChI=1S/C17H30N4O6S/c1-11(20-24)18-10-13-6-4-3-5-12(13)9-15(21-28(2,25)26)16(22)19-14-7-8-27-17(14)23/h12-15,21,24H,3-10H2,1-2H3,(H,18,20)(H,19,22). The molecule has 1 amide bonds. The third kappa shape index (κ3) is 7.02. The Kier molecular flexibility index (Phi) is 8.20. The molecule has 1 aliphatic heterocycles. The van der Waals surface area contributed by atoms with Crippen molar-refractivity contribution in [2.75, 3.05) is 19.4 Å². The zero-order chi connectivity index (χ0) is 20.7. The fourth-order valence-electron chi connectivity index (χ4n) is 3.79. The summed E-state index contributed by atoms with van der Waals surface area (Å²) in [7, 11) is -3.61. The summed E-state index contributed by atoms with van der Waals surface area (Å²) in [5.41, 5.74) is 2.00. The van der Waals surface area contributed by atoms with Crippen LogP contribution in [0.15, 0.2) is 4.99 Å². The molecule has 1 aliphatic carbocycles. The van der Waals surface area contributed by atoms with Crippen molar-refractivity contribution in [3.63, 3.8) is 0 Å². The predicted molar refractivity (Wildman–Crippen MR) is 102 cm³/mol. The lowest BCUT2D eigenvalue weighted by Crippen LogP contribution is -2.51. The van der Waals surface area contributed by atoms with Gasteiger partial charge in [0.2, 0.25) is 15.9 Å². The third-order valence-corrected chi connectivity index (χ3v) is 5.97. The quantitative estimate of drug-likeness (QED) is 0.187. The van der Waals surface area contributed by atoms with Gasteiger partial charge in [-0.1, -0.05) is 19.3 Å². The molecule has 1 saturated carbocycles. The van der Waals surface area contributed by atoms with E-state index in [1.54, 1.807) is 6.92 Å². The fourth-order valence-corrected chi connectivity index (χ4v) is 4.51. The summed E-state index contributed by atoms with van der Waals surface area (Å²) >= 11 is 0. The molecule has 0 aromatic carbocycles. The highest BCUT2D eigenvalue weighted by atomic mass is 32.2. The number of aliphatic imine (C=N–C) groups is 1. The van der Waals surface area contributed by atoms with E-state index >= 15 is 0 Å². The monoisotopic (exact) mass is 418 g/mol. The van der Waals surface area contributed by atoms with Crippen LogP contribution in [0.1, 0.15) is 45.4 Å². The first-order chi connectivity index (χ1) is 13.2. The van der Waals surface area contributed by atoms with Gasteiger partial charge in [-0.05, 0) is 31.6 Å². The van der Waals surface area contributed by atoms with Gasteiger partial charge < -0.3 is 10.1 Å². The van der Waals surface area contributed by atoms with E-state index in [4.69, 9.17) is 9.94 Å². The van der Waals surface area contributed by atoms with Gasteiger partial charge in [-0.3, -0.25) is 20.5 Å². The van der Waals surface area contributed by atoms with Gasteiger partial charge in [-0.2, -0.15) is 0 Å². The van der Waals surface area contributed by atoms with Crippen LogP contribution < -0.4 is 15.5 Å². The van der Waals surface area contributed by atoms with E-state index in [9.17, 15) is 18.0 Å². The summed E-state index contributed by atoms with van der Waals surface area (Å²) in [4.78, 5) is 28.6. The molecule has 2 rings (SSSR count). The van der Waals surface area contributed by atoms with E-state index in [2.05, 4.69) is 15.0 Å². The number of sulfonamides is 1. The van der Waals surface area contributed by atoms with Crippen LogP contribution in [0, 0.1) is 11.8 Å². The van der Waals surface area contributed by atoms with Gasteiger partial charge >= 0.3 is 5.97 Å². The van der Waals surface area contributed by atoms with E-state index in [0.717, 1.165) is 31.9 Å². The molecule has 0 bridgehead atoms. The first-order valence-corrected chi connectivity index (χ1v) is 11.4. The molecular weight excluding hydrogens is 388 g/mol. The van der Waals surface area contributed by atoms with Gasteiger partial charge in [-0.15, -0.1) is 0 Å². The number of carbonyl (C=O) groups is 2. The molecule has 11 heteroatoms. The van der Waals surface area contributed by atoms with Gasteiger partial charge in [0.25, 0.3) is 0 Å². The van der Waals surface area contributed by atoms with Crippen molar-refractivity contribution in [1.29, 1.82) is 0 Å². The summed E-state index contributed by atoms with van der Waals surface area (Å²) in [6.07, 6.45) is 5.56. The molecule has 28 heavy (non-hydrogen) atoms. The van der Waals surface area contributed by atoms with Crippen molar-refractivity contribution < 1.29 is 28.0 Å². The van der Waals surface area contributed by atoms with Gasteiger partial charge in [0, 0.05) is 13.0 Å². The molecule has 0 radical (unpaired) electrons. The van der Waals surface area contributed by atoms with Crippen LogP contribution in [0.3, 0.4) is 0 Å². The minimum atomic E-state index is -3.61. The van der Waals surface area contributed by atoms with E-state index < -0.39 is 34.0 Å². The van der Waals surface area contributed by atoms with Gasteiger partial charge in [0.05, 0.1) is 12.9 Å². The minimum Gasteiger partial charge on any atom is -0.464 e. The molecule has 0 aromatic rings. The number of amides is 1. The first-order valence-electron chi connectivity index (χ1n) is 9.55. The average molecular weight is 419 g/mol. The highest BCUT2D eigenvalue weighted by molar-refractivity contribution is 7.88. The zero-order valence-electron chi connectivity index (χ0n) is 16.3. The van der Waals surface area contributed by atoms with Crippen LogP contribution in [0.2, 0.25) is 0 Å². The Morgan fingerprint density at radius 2 is 1.96 bits per heavy atom. The van der Waals surface area contributed by atoms with Crippen LogP contribution in [-0.4, -0.2) is 62.8 Å². The van der Waals surface area contributed by atoms with Crippen molar-refractivity contribution in [2.24, 2.45) is 16.8 Å². The van der Waals surface area contributed by atoms with Crippen LogP contribution >= 0.6 is 0 Å². The van der Waals surface area contributed by atoms with Crippen molar-refractivity contribution in [1.82, 2.24) is 15.5 Å². The van der Waals surface area contributed by atoms with Crippen LogP contribution in [0.5, 0.6) is 0 Å². The second-order valence-electron chi connectivity index (χ2n) is 7.54. The molecular formula is C17H30N4O6S. The summed E-state index contributed by atoms with van der Waals surface area (Å²) in [5, 5.41) is 11.5. The second-order valence-corrected chi connectivity index (χ2v) is 9.32. The number of amidine groups is 1. The van der Waals surface area contributed by atoms with E-state index in [1.165, 1.54) is 0 Å². The molecule has 2 fully saturated rings. The maximum atomic E-state index is 12.7. The van der Waals surface area contributed by atoms with Crippen LogP contribution in [0.4, 0.5) is 0 Å². The molecule has 1 saturated heterocycles. The lowest BCUT2D eigenvalue weighted by Gasteiger charge is -2.33. The molecule has 4 N–H and O–H groups in total. The number of nitrogens with one attached hydrogen (secondary N) is 3. The van der Waals surface area contributed by atoms with E-state index in [0.29, 0.717) is 25.2 Å². The number of hydroxylamine groups is 1. The molecule has 4 unspecified atom stereocenters. The summed E-state index contributed by atoms with van der Waals surface area (Å²) < 4.78 is 30.8. The van der Waals surface area contributed by atoms with Crippen LogP contribution in [0.25, 0.3) is 0 Å². The lowest BCUT2D eigenvalue weighted by atomic mass is 9.76. The van der Waals surface area contributed by atoms with Crippen molar-refractivity contribution in [3.8, 4) is 0 Å². The Labute approximate surface area is 165 Å². The number of rotatable bonds is 8. The topological polar surface area (TPSA) is 146 Å². The van der Waals surface area contributed by atoms with E-state index in [1.807, 2.05) is 5.48 Å². The smallest absolute Gasteiger partial charge is 0.328 e. The van der Waals surface area contributed by atoms with Gasteiger partial charge in [-0.25, -0.2) is 17.9 Å². The highest BCUT2D eigenvalue weighted by Gasteiger charge is 2.35. The summed E-state index contributed by atoms with van der Waals surface area (Å²) in [6, 6.07) is -1.70. The number of nitrogens with zero attached hydrogens (tertiary/aromatic N) is 1. The number of esters is 1. The Morgan fingerprint density at radius 1 is 1.29 bits per heavy atom. The van der Waals surface area contributed by atoms with Crippen molar-refractivity contribution in [2.45, 2.75) is 57.5 Å². The van der Waals surface area contributed by atoms with Crippen molar-refractivity contribution >= 4 is 27.7 Å². The van der Waals surface area contributed by atoms with Crippen molar-refractivity contribution in [3.05, 3.63) is 0 Å². The third-order valence-electron chi connectivity index (χ3n) is 5.25. The Bertz CT molecular complexity index is 696. The Hall–Kier alpha value is -1.72. The predicted octanol–water partition coefficient (Wildman–Crippen LogP) is -0.0704.